The minimum absolute atomic E-state index is 0.0815. The first-order chi connectivity index (χ1) is 22.1. The molecule has 0 unspecified atom stereocenters. The summed E-state index contributed by atoms with van der Waals surface area (Å²) in [6.45, 7) is 6.00. The molecule has 1 heterocycles. The predicted octanol–water partition coefficient (Wildman–Crippen LogP) is 4.74. The summed E-state index contributed by atoms with van der Waals surface area (Å²) in [6, 6.07) is 12.4. The second-order valence-corrected chi connectivity index (χ2v) is 12.6. The zero-order chi connectivity index (χ0) is 34.9. The van der Waals surface area contributed by atoms with Crippen molar-refractivity contribution in [3.8, 4) is 11.1 Å². The van der Waals surface area contributed by atoms with Gasteiger partial charge < -0.3 is 10.6 Å². The van der Waals surface area contributed by atoms with Gasteiger partial charge in [0, 0.05) is 38.1 Å². The van der Waals surface area contributed by atoms with E-state index in [0.717, 1.165) is 39.2 Å². The molecule has 0 saturated heterocycles. The van der Waals surface area contributed by atoms with Crippen molar-refractivity contribution in [3.05, 3.63) is 104 Å². The average Bonchev–Trinajstić information content (AvgIpc) is 3.02. The standard InChI is InChI=1S/C31H33F3N4O4S.O3S/c1-4-36-27-28(30(40)29(27)39)37-15-7-8-17-38(43(41,42)26-13-6-5-12-25(26)31(32,33)34)21(3)22-10-9-11-23(18-22)24-14-16-35-19-20(24)2;1-4(2)3/h5-6,9-14,16,18-19,21,36-37H,4,7-8,15,17H2,1-3H3;/t21-;/m0./s1. The van der Waals surface area contributed by atoms with E-state index in [2.05, 4.69) is 15.6 Å². The highest BCUT2D eigenvalue weighted by Crippen LogP contribution is 2.38. The largest absolute Gasteiger partial charge is 0.425 e. The number of alkyl halides is 3. The maximum atomic E-state index is 13.9. The summed E-state index contributed by atoms with van der Waals surface area (Å²) < 4.78 is 96.0. The van der Waals surface area contributed by atoms with Crippen LogP contribution in [0.3, 0.4) is 0 Å². The first-order valence-corrected chi connectivity index (χ1v) is 16.8. The van der Waals surface area contributed by atoms with Crippen LogP contribution in [0.2, 0.25) is 0 Å². The molecule has 252 valence electrons. The molecular weight excluding hydrogens is 661 g/mol. The topological polar surface area (TPSA) is 160 Å². The number of hydrogen-bond donors (Lipinski definition) is 2. The van der Waals surface area contributed by atoms with E-state index in [1.165, 1.54) is 6.07 Å². The number of rotatable bonds is 13. The van der Waals surface area contributed by atoms with Crippen molar-refractivity contribution in [1.82, 2.24) is 9.29 Å². The second-order valence-electron chi connectivity index (χ2n) is 10.4. The van der Waals surface area contributed by atoms with E-state index in [-0.39, 0.29) is 30.9 Å². The Bertz CT molecular complexity index is 1990. The molecule has 0 amide bonds. The Kier molecular flexibility index (Phi) is 12.6. The van der Waals surface area contributed by atoms with Crippen LogP contribution in [0.1, 0.15) is 49.4 Å². The van der Waals surface area contributed by atoms with Crippen LogP contribution in [-0.2, 0) is 26.8 Å². The van der Waals surface area contributed by atoms with Crippen LogP contribution in [0.4, 0.5) is 24.5 Å². The van der Waals surface area contributed by atoms with Gasteiger partial charge in [0.25, 0.3) is 10.9 Å². The second kappa shape index (κ2) is 15.9. The lowest BCUT2D eigenvalue weighted by Crippen LogP contribution is -2.38. The number of nitrogens with zero attached hydrogens (tertiary/aromatic N) is 2. The smallest absolute Gasteiger partial charge is 0.380 e. The molecule has 0 radical (unpaired) electrons. The maximum Gasteiger partial charge on any atom is 0.425 e. The van der Waals surface area contributed by atoms with E-state index in [1.54, 1.807) is 38.4 Å². The minimum atomic E-state index is -4.87. The van der Waals surface area contributed by atoms with Gasteiger partial charge in [0.1, 0.15) is 11.4 Å². The van der Waals surface area contributed by atoms with Gasteiger partial charge in [-0.15, -0.1) is 12.6 Å². The number of hydrogen-bond acceptors (Lipinski definition) is 10. The van der Waals surface area contributed by atoms with Crippen molar-refractivity contribution in [3.63, 3.8) is 0 Å². The molecule has 1 atom stereocenters. The van der Waals surface area contributed by atoms with E-state index >= 15 is 0 Å². The SMILES string of the molecule is CCNc1c(NCCCCN([C@@H](C)c2cccc(-c3ccncc3C)c2)S(=O)(=O)c2ccccc2C(F)(F)F)c(=O)c1=O.O=S(=O)=O. The number of benzene rings is 2. The Balaban J connectivity index is 0.00000142. The lowest BCUT2D eigenvalue weighted by molar-refractivity contribution is -0.139. The minimum Gasteiger partial charge on any atom is -0.380 e. The maximum absolute atomic E-state index is 13.9. The number of sulfonamides is 1. The quantitative estimate of drug-likeness (QED) is 0.148. The summed E-state index contributed by atoms with van der Waals surface area (Å²) in [5.41, 5.74) is 1.22. The number of nitrogens with one attached hydrogen (secondary N) is 2. The van der Waals surface area contributed by atoms with Crippen LogP contribution >= 0.6 is 0 Å². The van der Waals surface area contributed by atoms with Crippen molar-refractivity contribution in [2.75, 3.05) is 30.3 Å². The average molecular weight is 695 g/mol. The van der Waals surface area contributed by atoms with Gasteiger partial charge in [0.2, 0.25) is 10.0 Å². The van der Waals surface area contributed by atoms with E-state index in [1.807, 2.05) is 25.1 Å². The summed E-state index contributed by atoms with van der Waals surface area (Å²) in [4.78, 5) is 27.0. The number of pyridine rings is 1. The molecule has 0 saturated carbocycles. The molecule has 0 aliphatic heterocycles. The van der Waals surface area contributed by atoms with E-state index < -0.39 is 54.2 Å². The molecule has 47 heavy (non-hydrogen) atoms. The van der Waals surface area contributed by atoms with Crippen LogP contribution in [0, 0.1) is 6.92 Å². The van der Waals surface area contributed by atoms with Crippen LogP contribution in [0.25, 0.3) is 11.1 Å². The lowest BCUT2D eigenvalue weighted by Gasteiger charge is -2.30. The van der Waals surface area contributed by atoms with Crippen molar-refractivity contribution < 1.29 is 34.2 Å². The summed E-state index contributed by atoms with van der Waals surface area (Å²) in [5, 5.41) is 5.77. The molecule has 1 aromatic heterocycles. The van der Waals surface area contributed by atoms with Gasteiger partial charge in [0.05, 0.1) is 10.5 Å². The monoisotopic (exact) mass is 694 g/mol. The van der Waals surface area contributed by atoms with Crippen molar-refractivity contribution in [2.45, 2.75) is 50.7 Å². The number of aryl methyl sites for hydroxylation is 1. The summed E-state index contributed by atoms with van der Waals surface area (Å²) in [7, 11) is -7.72. The zero-order valence-electron chi connectivity index (χ0n) is 25.7. The number of unbranched alkanes of at least 4 members (excludes halogenated alkanes) is 1. The van der Waals surface area contributed by atoms with Crippen LogP contribution in [0.15, 0.2) is 81.5 Å². The fourth-order valence-electron chi connectivity index (χ4n) is 5.02. The molecule has 0 spiro atoms. The molecular formula is C31H33F3N4O7S2. The third-order valence-electron chi connectivity index (χ3n) is 7.28. The molecule has 0 fully saturated rings. The highest BCUT2D eigenvalue weighted by atomic mass is 32.2. The molecule has 2 N–H and O–H groups in total. The van der Waals surface area contributed by atoms with Crippen molar-refractivity contribution in [2.24, 2.45) is 0 Å². The molecule has 16 heteroatoms. The van der Waals surface area contributed by atoms with Gasteiger partial charge >= 0.3 is 16.8 Å². The Hall–Kier alpha value is -4.41. The fourth-order valence-corrected chi connectivity index (χ4v) is 6.89. The molecule has 0 bridgehead atoms. The molecule has 0 aliphatic carbocycles. The Labute approximate surface area is 271 Å². The first-order valence-electron chi connectivity index (χ1n) is 14.4. The van der Waals surface area contributed by atoms with Gasteiger partial charge in [0.15, 0.2) is 0 Å². The molecule has 4 aromatic rings. The number of aromatic nitrogens is 1. The van der Waals surface area contributed by atoms with Crippen molar-refractivity contribution in [1.29, 1.82) is 0 Å². The van der Waals surface area contributed by atoms with E-state index in [0.29, 0.717) is 18.5 Å². The first kappa shape index (κ1) is 37.1. The highest BCUT2D eigenvalue weighted by molar-refractivity contribution is 7.89. The van der Waals surface area contributed by atoms with Crippen LogP contribution in [0.5, 0.6) is 0 Å². The molecule has 0 aliphatic rings. The summed E-state index contributed by atoms with van der Waals surface area (Å²) in [6.07, 6.45) is -0.831. The third kappa shape index (κ3) is 9.11. The summed E-state index contributed by atoms with van der Waals surface area (Å²) in [5.74, 6) is 0. The van der Waals surface area contributed by atoms with Crippen LogP contribution < -0.4 is 21.5 Å². The third-order valence-corrected chi connectivity index (χ3v) is 9.31. The normalized spacial score (nSPS) is 12.3. The molecule has 4 rings (SSSR count). The highest BCUT2D eigenvalue weighted by Gasteiger charge is 2.40. The fraction of sp³-hybridized carbons (Fsp3) is 0.323. The molecule has 11 nitrogen and oxygen atoms in total. The molecule has 3 aromatic carbocycles. The Morgan fingerprint density at radius 1 is 0.936 bits per heavy atom. The van der Waals surface area contributed by atoms with Gasteiger partial charge in [-0.1, -0.05) is 30.3 Å². The van der Waals surface area contributed by atoms with Gasteiger partial charge in [-0.2, -0.15) is 17.5 Å². The van der Waals surface area contributed by atoms with Gasteiger partial charge in [-0.25, -0.2) is 8.42 Å². The van der Waals surface area contributed by atoms with Crippen LogP contribution in [-0.4, -0.2) is 50.0 Å². The zero-order valence-corrected chi connectivity index (χ0v) is 27.3. The Morgan fingerprint density at radius 3 is 2.19 bits per heavy atom. The number of halogens is 3. The van der Waals surface area contributed by atoms with E-state index in [4.69, 9.17) is 12.6 Å². The number of anilines is 2. The summed E-state index contributed by atoms with van der Waals surface area (Å²) >= 11 is 0. The van der Waals surface area contributed by atoms with E-state index in [9.17, 15) is 31.2 Å². The predicted molar refractivity (Wildman–Crippen MR) is 171 cm³/mol. The van der Waals surface area contributed by atoms with Gasteiger partial charge in [-0.3, -0.25) is 14.6 Å². The van der Waals surface area contributed by atoms with Gasteiger partial charge in [-0.05, 0) is 80.1 Å². The lowest BCUT2D eigenvalue weighted by atomic mass is 9.98. The Morgan fingerprint density at radius 2 is 1.57 bits per heavy atom. The van der Waals surface area contributed by atoms with Crippen molar-refractivity contribution >= 4 is 32.0 Å².